The lowest BCUT2D eigenvalue weighted by Gasteiger charge is -2.36. The number of amides is 1. The number of carbonyl (C=O) groups is 3. The first kappa shape index (κ1) is 36.9. The lowest BCUT2D eigenvalue weighted by Crippen LogP contribution is -2.42. The van der Waals surface area contributed by atoms with Crippen LogP contribution in [0.3, 0.4) is 0 Å². The number of benzene rings is 2. The maximum atomic E-state index is 13.9. The molecule has 1 amide bonds. The summed E-state index contributed by atoms with van der Waals surface area (Å²) < 4.78 is 3.07. The van der Waals surface area contributed by atoms with Crippen LogP contribution in [0.1, 0.15) is 59.2 Å². The number of aryl methyl sites for hydroxylation is 2. The van der Waals surface area contributed by atoms with E-state index < -0.39 is 30.2 Å². The third-order valence-corrected chi connectivity index (χ3v) is 7.92. The summed E-state index contributed by atoms with van der Waals surface area (Å²) in [4.78, 5) is 49.2. The first-order chi connectivity index (χ1) is 22.2. The summed E-state index contributed by atoms with van der Waals surface area (Å²) in [7, 11) is 0. The van der Waals surface area contributed by atoms with Crippen molar-refractivity contribution in [3.63, 3.8) is 0 Å². The van der Waals surface area contributed by atoms with Gasteiger partial charge in [0, 0.05) is 17.8 Å². The Balaban J connectivity index is 0.000000520. The molecule has 0 saturated carbocycles. The molecule has 14 heteroatoms. The van der Waals surface area contributed by atoms with Gasteiger partial charge in [0.25, 0.3) is 5.91 Å². The molecule has 2 heterocycles. The summed E-state index contributed by atoms with van der Waals surface area (Å²) >= 11 is 6.59. The summed E-state index contributed by atoms with van der Waals surface area (Å²) in [5, 5.41) is 37.4. The van der Waals surface area contributed by atoms with E-state index in [0.29, 0.717) is 47.9 Å². The van der Waals surface area contributed by atoms with Gasteiger partial charge in [-0.15, -0.1) is 0 Å². The average molecular weight is 670 g/mol. The Labute approximate surface area is 276 Å². The number of hydrogen-bond acceptors (Lipinski definition) is 8. The predicted molar refractivity (Wildman–Crippen MR) is 175 cm³/mol. The van der Waals surface area contributed by atoms with Gasteiger partial charge in [0.2, 0.25) is 0 Å². The fourth-order valence-electron chi connectivity index (χ4n) is 5.03. The monoisotopic (exact) mass is 669 g/mol. The van der Waals surface area contributed by atoms with Gasteiger partial charge >= 0.3 is 17.6 Å². The van der Waals surface area contributed by atoms with Crippen LogP contribution in [0, 0.1) is 19.8 Å². The van der Waals surface area contributed by atoms with Gasteiger partial charge in [0.1, 0.15) is 0 Å². The number of carboxylic acid groups (broad SMARTS) is 2. The van der Waals surface area contributed by atoms with Crippen LogP contribution >= 0.6 is 11.6 Å². The van der Waals surface area contributed by atoms with Gasteiger partial charge in [-0.1, -0.05) is 73.5 Å². The first-order valence-electron chi connectivity index (χ1n) is 14.9. The third-order valence-electron chi connectivity index (χ3n) is 7.45. The fraction of sp³-hybridized carbons (Fsp3) is 0.364. The molecule has 6 N–H and O–H groups in total. The summed E-state index contributed by atoms with van der Waals surface area (Å²) in [6.07, 6.45) is -3.89. The van der Waals surface area contributed by atoms with Crippen molar-refractivity contribution in [1.82, 2.24) is 19.1 Å². The van der Waals surface area contributed by atoms with Crippen LogP contribution in [0.4, 0.5) is 0 Å². The quantitative estimate of drug-likeness (QED) is 0.149. The zero-order chi connectivity index (χ0) is 35.0. The minimum atomic E-state index is -2.27. The maximum Gasteiger partial charge on any atom is 0.349 e. The second kappa shape index (κ2) is 16.3. The fourth-order valence-corrected chi connectivity index (χ4v) is 5.20. The molecule has 0 aliphatic heterocycles. The van der Waals surface area contributed by atoms with Crippen LogP contribution in [0.5, 0.6) is 0 Å². The third kappa shape index (κ3) is 8.83. The Hall–Kier alpha value is -4.56. The zero-order valence-electron chi connectivity index (χ0n) is 26.6. The second-order valence-corrected chi connectivity index (χ2v) is 11.8. The van der Waals surface area contributed by atoms with Crippen LogP contribution in [0.2, 0.25) is 5.02 Å². The Morgan fingerprint density at radius 1 is 0.957 bits per heavy atom. The minimum Gasteiger partial charge on any atom is -0.479 e. The van der Waals surface area contributed by atoms with Crippen molar-refractivity contribution >= 4 is 35.0 Å². The number of nitrogens with zero attached hydrogens (tertiary/aromatic N) is 4. The van der Waals surface area contributed by atoms with Gasteiger partial charge in [-0.3, -0.25) is 9.36 Å². The van der Waals surface area contributed by atoms with E-state index in [4.69, 9.17) is 37.8 Å². The highest BCUT2D eigenvalue weighted by Crippen LogP contribution is 2.32. The average Bonchev–Trinajstić information content (AvgIpc) is 3.33. The standard InChI is InChI=1S/C29H34ClN5O2.C4H6O6/c1-19(2)27(33(16-8-15-31)28(36)23-13-11-20(3)12-14-23)25-17-24-26(30)21(4)32-35(24)29(37)34(25)18-22-9-6-5-7-10-22;5-1(3(7)8)2(6)4(9)10/h5-7,9-14,17,19,27H,8,15-16,18,31H2,1-4H3;1-2,5-6H,(H,7,8)(H,9,10)/t27-;1-,2-/m00/s1. The van der Waals surface area contributed by atoms with Crippen molar-refractivity contribution in [3.8, 4) is 0 Å². The first-order valence-corrected chi connectivity index (χ1v) is 15.3. The number of hydrogen-bond donors (Lipinski definition) is 5. The highest BCUT2D eigenvalue weighted by molar-refractivity contribution is 6.34. The number of rotatable bonds is 12. The highest BCUT2D eigenvalue weighted by atomic mass is 35.5. The number of halogens is 1. The molecule has 0 bridgehead atoms. The molecule has 252 valence electrons. The number of aliphatic hydroxyl groups is 2. The zero-order valence-corrected chi connectivity index (χ0v) is 27.3. The van der Waals surface area contributed by atoms with E-state index >= 15 is 0 Å². The Morgan fingerprint density at radius 2 is 1.53 bits per heavy atom. The molecule has 3 atom stereocenters. The second-order valence-electron chi connectivity index (χ2n) is 11.4. The molecule has 2 aromatic heterocycles. The van der Waals surface area contributed by atoms with E-state index in [1.54, 1.807) is 11.5 Å². The van der Waals surface area contributed by atoms with Crippen molar-refractivity contribution in [1.29, 1.82) is 0 Å². The summed E-state index contributed by atoms with van der Waals surface area (Å²) in [6.45, 7) is 9.15. The molecular formula is C33H40ClN5O8. The molecule has 0 saturated heterocycles. The van der Waals surface area contributed by atoms with Crippen LogP contribution in [-0.2, 0) is 16.1 Å². The summed E-state index contributed by atoms with van der Waals surface area (Å²) in [6, 6.07) is 18.9. The predicted octanol–water partition coefficient (Wildman–Crippen LogP) is 2.88. The van der Waals surface area contributed by atoms with Gasteiger partial charge in [-0.2, -0.15) is 9.61 Å². The lowest BCUT2D eigenvalue weighted by molar-refractivity contribution is -0.165. The van der Waals surface area contributed by atoms with E-state index in [1.807, 2.05) is 72.5 Å². The van der Waals surface area contributed by atoms with Gasteiger partial charge in [-0.05, 0) is 56.5 Å². The van der Waals surface area contributed by atoms with E-state index in [-0.39, 0.29) is 17.5 Å². The molecular weight excluding hydrogens is 630 g/mol. The number of carbonyl (C=O) groups excluding carboxylic acids is 1. The van der Waals surface area contributed by atoms with Crippen molar-refractivity contribution in [2.75, 3.05) is 13.1 Å². The van der Waals surface area contributed by atoms with Crippen molar-refractivity contribution in [3.05, 3.63) is 104 Å². The number of aromatic nitrogens is 3. The molecule has 0 unspecified atom stereocenters. The minimum absolute atomic E-state index is 0.00107. The molecule has 0 spiro atoms. The normalized spacial score (nSPS) is 13.0. The Morgan fingerprint density at radius 3 is 2.04 bits per heavy atom. The summed E-state index contributed by atoms with van der Waals surface area (Å²) in [5.41, 5.74) is 10.1. The maximum absolute atomic E-state index is 13.9. The summed E-state index contributed by atoms with van der Waals surface area (Å²) in [5.74, 6) is -3.63. The molecule has 4 aromatic rings. The van der Waals surface area contributed by atoms with E-state index in [1.165, 1.54) is 4.52 Å². The number of aliphatic hydroxyl groups excluding tert-OH is 2. The van der Waals surface area contributed by atoms with E-state index in [9.17, 15) is 19.2 Å². The molecule has 0 aliphatic carbocycles. The molecule has 4 rings (SSSR count). The molecule has 0 radical (unpaired) electrons. The molecule has 47 heavy (non-hydrogen) atoms. The van der Waals surface area contributed by atoms with Crippen molar-refractivity contribution in [2.45, 2.75) is 58.9 Å². The number of carboxylic acids is 2. The molecule has 0 fully saturated rings. The smallest absolute Gasteiger partial charge is 0.349 e. The van der Waals surface area contributed by atoms with Crippen LogP contribution in [0.25, 0.3) is 5.52 Å². The topological polar surface area (TPSA) is 201 Å². The largest absolute Gasteiger partial charge is 0.479 e. The van der Waals surface area contributed by atoms with Crippen LogP contribution in [-0.4, -0.2) is 82.7 Å². The molecule has 13 nitrogen and oxygen atoms in total. The van der Waals surface area contributed by atoms with Crippen LogP contribution in [0.15, 0.2) is 65.5 Å². The van der Waals surface area contributed by atoms with Gasteiger partial charge in [0.15, 0.2) is 12.2 Å². The van der Waals surface area contributed by atoms with E-state index in [2.05, 4.69) is 18.9 Å². The number of fused-ring (bicyclic) bond motifs is 1. The Kier molecular flexibility index (Phi) is 12.8. The number of nitrogens with two attached hydrogens (primary N) is 1. The van der Waals surface area contributed by atoms with Crippen molar-refractivity contribution in [2.24, 2.45) is 11.7 Å². The van der Waals surface area contributed by atoms with Crippen molar-refractivity contribution < 1.29 is 34.8 Å². The van der Waals surface area contributed by atoms with Gasteiger partial charge in [-0.25, -0.2) is 14.4 Å². The number of aliphatic carboxylic acids is 2. The Bertz CT molecular complexity index is 1740. The molecule has 0 aliphatic rings. The van der Waals surface area contributed by atoms with Gasteiger partial charge < -0.3 is 31.1 Å². The van der Waals surface area contributed by atoms with Crippen LogP contribution < -0.4 is 11.4 Å². The van der Waals surface area contributed by atoms with Gasteiger partial charge in [0.05, 0.1) is 28.8 Å². The SMILES string of the molecule is Cc1ccc(C(=O)N(CCCN)[C@H](c2cc3c(Cl)c(C)nn3c(=O)n2Cc2ccccc2)C(C)C)cc1.O=C(O)[C@@H](O)[C@H](O)C(=O)O. The molecule has 2 aromatic carbocycles. The highest BCUT2D eigenvalue weighted by Gasteiger charge is 2.32. The lowest BCUT2D eigenvalue weighted by atomic mass is 9.96. The van der Waals surface area contributed by atoms with E-state index in [0.717, 1.165) is 16.8 Å².